The van der Waals surface area contributed by atoms with Crippen molar-refractivity contribution in [3.8, 4) is 0 Å². The molecule has 0 fully saturated rings. The van der Waals surface area contributed by atoms with Gasteiger partial charge in [-0.1, -0.05) is 12.1 Å². The number of para-hydroxylation sites is 1. The molecule has 0 radical (unpaired) electrons. The summed E-state index contributed by atoms with van der Waals surface area (Å²) in [6.45, 7) is 0.702. The van der Waals surface area contributed by atoms with Gasteiger partial charge in [-0.15, -0.1) is 0 Å². The molecule has 1 aliphatic heterocycles. The molecule has 0 amide bonds. The van der Waals surface area contributed by atoms with Crippen molar-refractivity contribution in [2.75, 3.05) is 0 Å². The Labute approximate surface area is 69.4 Å². The van der Waals surface area contributed by atoms with E-state index in [9.17, 15) is 0 Å². The van der Waals surface area contributed by atoms with Gasteiger partial charge in [-0.3, -0.25) is 4.99 Å². The zero-order chi connectivity index (χ0) is 7.97. The molecule has 0 saturated heterocycles. The number of hydrogen-bond donors (Lipinski definition) is 0. The van der Waals surface area contributed by atoms with Crippen molar-refractivity contribution < 1.29 is 0 Å². The monoisotopic (exact) mass is 157 g/mol. The molecule has 0 spiro atoms. The van der Waals surface area contributed by atoms with Crippen LogP contribution in [0.3, 0.4) is 0 Å². The van der Waals surface area contributed by atoms with Crippen LogP contribution in [0, 0.1) is 0 Å². The topological polar surface area (TPSA) is 30.2 Å². The molecule has 0 saturated carbocycles. The zero-order valence-electron chi connectivity index (χ0n) is 6.44. The third kappa shape index (κ3) is 0.605. The van der Waals surface area contributed by atoms with Gasteiger partial charge in [0.05, 0.1) is 17.4 Å². The van der Waals surface area contributed by atoms with Crippen molar-refractivity contribution in [3.05, 3.63) is 30.1 Å². The molecule has 3 heteroatoms. The van der Waals surface area contributed by atoms with Crippen molar-refractivity contribution in [2.45, 2.75) is 6.67 Å². The fourth-order valence-electron chi connectivity index (χ4n) is 1.59. The summed E-state index contributed by atoms with van der Waals surface area (Å²) in [6.07, 6.45) is 3.74. The molecule has 1 aromatic heterocycles. The number of aliphatic imine (C=N–C) groups is 1. The van der Waals surface area contributed by atoms with E-state index in [1.807, 2.05) is 24.7 Å². The predicted molar refractivity (Wildman–Crippen MR) is 47.3 cm³/mol. The van der Waals surface area contributed by atoms with Gasteiger partial charge in [0.2, 0.25) is 0 Å². The first-order chi connectivity index (χ1) is 5.95. The molecule has 0 atom stereocenters. The van der Waals surface area contributed by atoms with Crippen LogP contribution < -0.4 is 0 Å². The normalized spacial score (nSPS) is 14.0. The number of hydrogen-bond acceptors (Lipinski definition) is 2. The molecule has 3 rings (SSSR count). The molecule has 0 N–H and O–H groups in total. The minimum Gasteiger partial charge on any atom is -0.310 e. The van der Waals surface area contributed by atoms with Gasteiger partial charge < -0.3 is 4.57 Å². The molecule has 2 aromatic rings. The van der Waals surface area contributed by atoms with Crippen LogP contribution in [0.2, 0.25) is 0 Å². The van der Waals surface area contributed by atoms with Crippen LogP contribution in [0.4, 0.5) is 0 Å². The summed E-state index contributed by atoms with van der Waals surface area (Å²) < 4.78 is 2.06. The SMILES string of the molecule is C1=NCn2cnc3cccc1c32. The van der Waals surface area contributed by atoms with E-state index in [2.05, 4.69) is 20.6 Å². The Kier molecular flexibility index (Phi) is 0.961. The summed E-state index contributed by atoms with van der Waals surface area (Å²) >= 11 is 0. The Morgan fingerprint density at radius 2 is 2.33 bits per heavy atom. The van der Waals surface area contributed by atoms with E-state index in [-0.39, 0.29) is 0 Å². The quantitative estimate of drug-likeness (QED) is 0.569. The van der Waals surface area contributed by atoms with Gasteiger partial charge >= 0.3 is 0 Å². The fraction of sp³-hybridized carbons (Fsp3) is 0.111. The number of nitrogens with zero attached hydrogens (tertiary/aromatic N) is 3. The van der Waals surface area contributed by atoms with Crippen molar-refractivity contribution in [2.24, 2.45) is 4.99 Å². The van der Waals surface area contributed by atoms with E-state index in [4.69, 9.17) is 0 Å². The summed E-state index contributed by atoms with van der Waals surface area (Å²) in [5.74, 6) is 0. The van der Waals surface area contributed by atoms with Crippen molar-refractivity contribution in [1.29, 1.82) is 0 Å². The van der Waals surface area contributed by atoms with E-state index in [0.29, 0.717) is 6.67 Å². The Bertz CT molecular complexity index is 468. The molecular weight excluding hydrogens is 150 g/mol. The predicted octanol–water partition coefficient (Wildman–Crippen LogP) is 1.43. The summed E-state index contributed by atoms with van der Waals surface area (Å²) in [5, 5.41) is 0. The molecular formula is C9H7N3. The van der Waals surface area contributed by atoms with E-state index in [1.165, 1.54) is 5.52 Å². The molecule has 0 aliphatic carbocycles. The summed E-state index contributed by atoms with van der Waals surface area (Å²) in [7, 11) is 0. The molecule has 1 aliphatic rings. The van der Waals surface area contributed by atoms with Gasteiger partial charge in [0.1, 0.15) is 6.67 Å². The molecule has 1 aromatic carbocycles. The third-order valence-electron chi connectivity index (χ3n) is 2.13. The van der Waals surface area contributed by atoms with Crippen molar-refractivity contribution in [1.82, 2.24) is 9.55 Å². The minimum atomic E-state index is 0.702. The van der Waals surface area contributed by atoms with Gasteiger partial charge in [-0.2, -0.15) is 0 Å². The number of imidazole rings is 1. The Hall–Kier alpha value is -1.64. The largest absolute Gasteiger partial charge is 0.310 e. The average molecular weight is 157 g/mol. The zero-order valence-corrected chi connectivity index (χ0v) is 6.44. The Morgan fingerprint density at radius 3 is 3.33 bits per heavy atom. The number of rotatable bonds is 0. The lowest BCUT2D eigenvalue weighted by molar-refractivity contribution is 0.752. The average Bonchev–Trinajstić information content (AvgIpc) is 2.52. The molecule has 12 heavy (non-hydrogen) atoms. The summed E-state index contributed by atoms with van der Waals surface area (Å²) in [4.78, 5) is 8.49. The van der Waals surface area contributed by atoms with E-state index < -0.39 is 0 Å². The lowest BCUT2D eigenvalue weighted by atomic mass is 10.2. The van der Waals surface area contributed by atoms with Gasteiger partial charge in [-0.25, -0.2) is 4.98 Å². The van der Waals surface area contributed by atoms with Crippen LogP contribution in [0.5, 0.6) is 0 Å². The number of benzene rings is 1. The van der Waals surface area contributed by atoms with Crippen LogP contribution in [0.25, 0.3) is 11.0 Å². The first kappa shape index (κ1) is 5.94. The summed E-state index contributed by atoms with van der Waals surface area (Å²) in [5.41, 5.74) is 3.42. The maximum Gasteiger partial charge on any atom is 0.115 e. The molecule has 0 bridgehead atoms. The van der Waals surface area contributed by atoms with Crippen LogP contribution in [0.15, 0.2) is 29.5 Å². The smallest absolute Gasteiger partial charge is 0.115 e. The third-order valence-corrected chi connectivity index (χ3v) is 2.13. The Morgan fingerprint density at radius 1 is 1.33 bits per heavy atom. The molecule has 58 valence electrons. The van der Waals surface area contributed by atoms with Crippen molar-refractivity contribution in [3.63, 3.8) is 0 Å². The number of aromatic nitrogens is 2. The van der Waals surface area contributed by atoms with Crippen LogP contribution in [-0.4, -0.2) is 15.8 Å². The highest BCUT2D eigenvalue weighted by Gasteiger charge is 2.08. The Balaban J connectivity index is 2.57. The maximum absolute atomic E-state index is 4.27. The highest BCUT2D eigenvalue weighted by molar-refractivity contribution is 5.97. The molecule has 2 heterocycles. The highest BCUT2D eigenvalue weighted by atomic mass is 15.1. The minimum absolute atomic E-state index is 0.702. The molecule has 0 unspecified atom stereocenters. The first-order valence-corrected chi connectivity index (χ1v) is 3.89. The van der Waals surface area contributed by atoms with Gasteiger partial charge in [0.15, 0.2) is 0 Å². The van der Waals surface area contributed by atoms with E-state index >= 15 is 0 Å². The molecule has 3 nitrogen and oxygen atoms in total. The van der Waals surface area contributed by atoms with Gasteiger partial charge in [0.25, 0.3) is 0 Å². The fourth-order valence-corrected chi connectivity index (χ4v) is 1.59. The second-order valence-electron chi connectivity index (χ2n) is 2.88. The van der Waals surface area contributed by atoms with Crippen molar-refractivity contribution >= 4 is 17.2 Å². The lowest BCUT2D eigenvalue weighted by Crippen LogP contribution is -2.01. The second kappa shape index (κ2) is 1.94. The lowest BCUT2D eigenvalue weighted by Gasteiger charge is -2.07. The van der Waals surface area contributed by atoms with E-state index in [0.717, 1.165) is 11.1 Å². The van der Waals surface area contributed by atoms with Crippen LogP contribution >= 0.6 is 0 Å². The second-order valence-corrected chi connectivity index (χ2v) is 2.88. The maximum atomic E-state index is 4.27. The van der Waals surface area contributed by atoms with Gasteiger partial charge in [0, 0.05) is 11.8 Å². The standard InChI is InChI=1S/C9H7N3/c1-2-7-4-10-5-12-6-11-8(3-1)9(7)12/h1-4,6H,5H2. The first-order valence-electron chi connectivity index (χ1n) is 3.89. The van der Waals surface area contributed by atoms with Gasteiger partial charge in [-0.05, 0) is 6.07 Å². The van der Waals surface area contributed by atoms with Crippen LogP contribution in [0.1, 0.15) is 5.56 Å². The highest BCUT2D eigenvalue weighted by Crippen LogP contribution is 2.18. The van der Waals surface area contributed by atoms with Crippen LogP contribution in [-0.2, 0) is 6.67 Å². The summed E-state index contributed by atoms with van der Waals surface area (Å²) in [6, 6.07) is 6.09. The van der Waals surface area contributed by atoms with E-state index in [1.54, 1.807) is 0 Å².